The molecule has 18 heavy (non-hydrogen) atoms. The SMILES string of the molecule is CC1CC(=O)C(C2=N[C@H]3CCCC[C@@H]3N2)=C(O)C1. The number of nitrogens with zero attached hydrogens (tertiary/aromatic N) is 1. The molecule has 1 unspecified atom stereocenters. The van der Waals surface area contributed by atoms with Crippen molar-refractivity contribution in [3.05, 3.63) is 11.3 Å². The molecule has 2 aliphatic carbocycles. The van der Waals surface area contributed by atoms with Gasteiger partial charge in [0.05, 0.1) is 11.6 Å². The summed E-state index contributed by atoms with van der Waals surface area (Å²) in [7, 11) is 0. The number of carbonyl (C=O) groups is 1. The minimum absolute atomic E-state index is 0.0381. The summed E-state index contributed by atoms with van der Waals surface area (Å²) in [6.07, 6.45) is 5.78. The topological polar surface area (TPSA) is 61.7 Å². The lowest BCUT2D eigenvalue weighted by atomic mass is 9.88. The summed E-state index contributed by atoms with van der Waals surface area (Å²) < 4.78 is 0. The van der Waals surface area contributed by atoms with Gasteiger partial charge in [0.1, 0.15) is 11.6 Å². The van der Waals surface area contributed by atoms with Crippen LogP contribution in [0.25, 0.3) is 0 Å². The minimum atomic E-state index is 0.0381. The van der Waals surface area contributed by atoms with Crippen LogP contribution in [0.4, 0.5) is 0 Å². The number of hydrogen-bond acceptors (Lipinski definition) is 4. The molecule has 0 radical (unpaired) electrons. The van der Waals surface area contributed by atoms with Crippen molar-refractivity contribution in [2.24, 2.45) is 10.9 Å². The van der Waals surface area contributed by atoms with Gasteiger partial charge >= 0.3 is 0 Å². The fraction of sp³-hybridized carbons (Fsp3) is 0.714. The summed E-state index contributed by atoms with van der Waals surface area (Å²) in [5.41, 5.74) is 0.461. The van der Waals surface area contributed by atoms with E-state index in [4.69, 9.17) is 0 Å². The van der Waals surface area contributed by atoms with Crippen molar-refractivity contribution >= 4 is 11.6 Å². The van der Waals surface area contributed by atoms with Crippen LogP contribution in [0.15, 0.2) is 16.3 Å². The Morgan fingerprint density at radius 2 is 2.06 bits per heavy atom. The molecule has 3 rings (SSSR count). The molecular weight excluding hydrogens is 228 g/mol. The van der Waals surface area contributed by atoms with E-state index in [0.717, 1.165) is 12.8 Å². The number of amidine groups is 1. The maximum atomic E-state index is 12.1. The van der Waals surface area contributed by atoms with E-state index >= 15 is 0 Å². The standard InChI is InChI=1S/C14H20N2O2/c1-8-6-11(17)13(12(18)7-8)14-15-9-4-2-3-5-10(9)16-14/h8-10,17H,2-7H2,1H3,(H,15,16)/t8?,9-,10-/m0/s1. The van der Waals surface area contributed by atoms with E-state index < -0.39 is 0 Å². The zero-order valence-electron chi connectivity index (χ0n) is 10.8. The van der Waals surface area contributed by atoms with E-state index in [-0.39, 0.29) is 17.5 Å². The molecular formula is C14H20N2O2. The van der Waals surface area contributed by atoms with Crippen LogP contribution in [0.5, 0.6) is 0 Å². The van der Waals surface area contributed by atoms with Crippen molar-refractivity contribution in [2.45, 2.75) is 57.5 Å². The summed E-state index contributed by atoms with van der Waals surface area (Å²) in [6.45, 7) is 1.99. The van der Waals surface area contributed by atoms with Gasteiger partial charge in [-0.1, -0.05) is 19.8 Å². The highest BCUT2D eigenvalue weighted by Gasteiger charge is 2.36. The third kappa shape index (κ3) is 1.93. The van der Waals surface area contributed by atoms with Gasteiger partial charge in [-0.2, -0.15) is 0 Å². The van der Waals surface area contributed by atoms with E-state index in [1.165, 1.54) is 12.8 Å². The summed E-state index contributed by atoms with van der Waals surface area (Å²) in [6, 6.07) is 0.683. The largest absolute Gasteiger partial charge is 0.511 e. The second-order valence-electron chi connectivity index (χ2n) is 5.84. The smallest absolute Gasteiger partial charge is 0.170 e. The van der Waals surface area contributed by atoms with E-state index in [2.05, 4.69) is 10.3 Å². The van der Waals surface area contributed by atoms with Crippen LogP contribution in [-0.2, 0) is 4.79 Å². The lowest BCUT2D eigenvalue weighted by molar-refractivity contribution is -0.116. The summed E-state index contributed by atoms with van der Waals surface area (Å²) in [5.74, 6) is 1.16. The Labute approximate surface area is 107 Å². The molecule has 1 saturated carbocycles. The molecule has 1 heterocycles. The molecule has 0 bridgehead atoms. The van der Waals surface area contributed by atoms with Gasteiger partial charge in [-0.3, -0.25) is 9.79 Å². The molecule has 0 aromatic rings. The molecule has 4 nitrogen and oxygen atoms in total. The summed E-state index contributed by atoms with van der Waals surface area (Å²) >= 11 is 0. The first kappa shape index (κ1) is 11.8. The average Bonchev–Trinajstić information content (AvgIpc) is 2.70. The number of fused-ring (bicyclic) bond motifs is 1. The maximum absolute atomic E-state index is 12.1. The van der Waals surface area contributed by atoms with Crippen LogP contribution in [0.3, 0.4) is 0 Å². The van der Waals surface area contributed by atoms with Crippen molar-refractivity contribution in [3.63, 3.8) is 0 Å². The predicted octanol–water partition coefficient (Wildman–Crippen LogP) is 2.11. The first-order chi connectivity index (χ1) is 8.65. The summed E-state index contributed by atoms with van der Waals surface area (Å²) in [4.78, 5) is 16.7. The Morgan fingerprint density at radius 3 is 2.78 bits per heavy atom. The fourth-order valence-corrected chi connectivity index (χ4v) is 3.30. The molecule has 0 aromatic carbocycles. The first-order valence-corrected chi connectivity index (χ1v) is 6.95. The second-order valence-corrected chi connectivity index (χ2v) is 5.84. The highest BCUT2D eigenvalue weighted by atomic mass is 16.3. The lowest BCUT2D eigenvalue weighted by Gasteiger charge is -2.24. The first-order valence-electron chi connectivity index (χ1n) is 6.95. The van der Waals surface area contributed by atoms with Gasteiger partial charge in [-0.15, -0.1) is 0 Å². The number of Topliss-reactive ketones (excluding diaryl/α,β-unsaturated/α-hetero) is 1. The van der Waals surface area contributed by atoms with Crippen LogP contribution in [0.2, 0.25) is 0 Å². The van der Waals surface area contributed by atoms with Gasteiger partial charge in [0.25, 0.3) is 0 Å². The summed E-state index contributed by atoms with van der Waals surface area (Å²) in [5, 5.41) is 13.4. The minimum Gasteiger partial charge on any atom is -0.511 e. The number of hydrogen-bond donors (Lipinski definition) is 2. The molecule has 3 aliphatic rings. The third-order valence-corrected chi connectivity index (χ3v) is 4.23. The Bertz CT molecular complexity index is 439. The molecule has 0 amide bonds. The number of aliphatic hydroxyl groups is 1. The number of aliphatic hydroxyl groups excluding tert-OH is 1. The van der Waals surface area contributed by atoms with Crippen molar-refractivity contribution < 1.29 is 9.90 Å². The number of nitrogens with one attached hydrogen (secondary N) is 1. The molecule has 0 aromatic heterocycles. The van der Waals surface area contributed by atoms with E-state index in [1.807, 2.05) is 6.92 Å². The van der Waals surface area contributed by atoms with Crippen LogP contribution in [0.1, 0.15) is 45.4 Å². The molecule has 2 N–H and O–H groups in total. The van der Waals surface area contributed by atoms with E-state index in [0.29, 0.717) is 36.3 Å². The fourth-order valence-electron chi connectivity index (χ4n) is 3.30. The van der Waals surface area contributed by atoms with Gasteiger partial charge in [0.2, 0.25) is 0 Å². The van der Waals surface area contributed by atoms with E-state index in [1.54, 1.807) is 0 Å². The highest BCUT2D eigenvalue weighted by Crippen LogP contribution is 2.30. The average molecular weight is 248 g/mol. The van der Waals surface area contributed by atoms with Gasteiger partial charge in [-0.05, 0) is 18.8 Å². The van der Waals surface area contributed by atoms with Crippen molar-refractivity contribution in [1.82, 2.24) is 5.32 Å². The van der Waals surface area contributed by atoms with Gasteiger partial charge in [0, 0.05) is 18.9 Å². The quantitative estimate of drug-likeness (QED) is 0.747. The van der Waals surface area contributed by atoms with Gasteiger partial charge in [0.15, 0.2) is 5.78 Å². The Morgan fingerprint density at radius 1 is 1.28 bits per heavy atom. The number of allylic oxidation sites excluding steroid dienone is 1. The zero-order chi connectivity index (χ0) is 12.7. The Hall–Kier alpha value is -1.32. The molecule has 1 aliphatic heterocycles. The van der Waals surface area contributed by atoms with Crippen LogP contribution in [-0.4, -0.2) is 28.8 Å². The zero-order valence-corrected chi connectivity index (χ0v) is 10.8. The maximum Gasteiger partial charge on any atom is 0.170 e. The van der Waals surface area contributed by atoms with E-state index in [9.17, 15) is 9.90 Å². The number of rotatable bonds is 1. The normalized spacial score (nSPS) is 36.2. The number of aliphatic imine (C=N–C) groups is 1. The molecule has 0 spiro atoms. The molecule has 0 saturated heterocycles. The molecule has 1 fully saturated rings. The molecule has 4 heteroatoms. The molecule has 98 valence electrons. The third-order valence-electron chi connectivity index (χ3n) is 4.23. The van der Waals surface area contributed by atoms with Gasteiger partial charge < -0.3 is 10.4 Å². The Balaban J connectivity index is 1.87. The van der Waals surface area contributed by atoms with Crippen molar-refractivity contribution in [3.8, 4) is 0 Å². The second kappa shape index (κ2) is 4.41. The lowest BCUT2D eigenvalue weighted by Crippen LogP contribution is -2.39. The van der Waals surface area contributed by atoms with Crippen molar-refractivity contribution in [2.75, 3.05) is 0 Å². The predicted molar refractivity (Wildman–Crippen MR) is 69.7 cm³/mol. The van der Waals surface area contributed by atoms with Gasteiger partial charge in [-0.25, -0.2) is 0 Å². The number of ketones is 1. The van der Waals surface area contributed by atoms with Crippen molar-refractivity contribution in [1.29, 1.82) is 0 Å². The molecule has 3 atom stereocenters. The van der Waals surface area contributed by atoms with Crippen LogP contribution < -0.4 is 5.32 Å². The Kier molecular flexibility index (Phi) is 2.88. The number of carbonyl (C=O) groups excluding carboxylic acids is 1. The van der Waals surface area contributed by atoms with Crippen LogP contribution in [0, 0.1) is 5.92 Å². The van der Waals surface area contributed by atoms with Crippen LogP contribution >= 0.6 is 0 Å². The highest BCUT2D eigenvalue weighted by molar-refractivity contribution is 6.22. The monoisotopic (exact) mass is 248 g/mol.